The molecule has 1 aromatic heterocycles. The number of carbonyl (C=O) groups excluding carboxylic acids is 1. The summed E-state index contributed by atoms with van der Waals surface area (Å²) < 4.78 is 8.53. The van der Waals surface area contributed by atoms with Crippen LogP contribution in [0.2, 0.25) is 0 Å². The van der Waals surface area contributed by atoms with E-state index in [4.69, 9.17) is 9.84 Å². The van der Waals surface area contributed by atoms with Crippen LogP contribution in [0.15, 0.2) is 79.0 Å². The Labute approximate surface area is 210 Å². The highest BCUT2D eigenvalue weighted by Crippen LogP contribution is 2.49. The number of nitrogens with one attached hydrogen (secondary N) is 2. The third kappa shape index (κ3) is 3.91. The van der Waals surface area contributed by atoms with Crippen molar-refractivity contribution < 1.29 is 9.53 Å². The molecular formula is C29H29N5O2. The van der Waals surface area contributed by atoms with Gasteiger partial charge in [-0.2, -0.15) is 5.10 Å². The Morgan fingerprint density at radius 2 is 1.69 bits per heavy atom. The number of amides is 1. The van der Waals surface area contributed by atoms with E-state index in [2.05, 4.69) is 35.4 Å². The number of ether oxygens (including phenoxy) is 1. The van der Waals surface area contributed by atoms with Crippen LogP contribution in [0.3, 0.4) is 0 Å². The second kappa shape index (κ2) is 8.84. The van der Waals surface area contributed by atoms with Gasteiger partial charge in [-0.05, 0) is 44.2 Å². The lowest BCUT2D eigenvalue weighted by atomic mass is 9.90. The van der Waals surface area contributed by atoms with Gasteiger partial charge in [0.15, 0.2) is 0 Å². The molecule has 1 saturated heterocycles. The van der Waals surface area contributed by atoms with Gasteiger partial charge in [-0.15, -0.1) is 0 Å². The molecule has 0 aliphatic carbocycles. The lowest BCUT2D eigenvalue weighted by Crippen LogP contribution is -2.44. The Morgan fingerprint density at radius 3 is 2.42 bits per heavy atom. The van der Waals surface area contributed by atoms with E-state index in [-0.39, 0.29) is 5.91 Å². The summed E-state index contributed by atoms with van der Waals surface area (Å²) in [6.45, 7) is 7.62. The molecule has 182 valence electrons. The van der Waals surface area contributed by atoms with Crippen molar-refractivity contribution in [1.29, 1.82) is 0 Å². The van der Waals surface area contributed by atoms with E-state index >= 15 is 0 Å². The summed E-state index contributed by atoms with van der Waals surface area (Å²) in [5.74, 6) is 0.650. The van der Waals surface area contributed by atoms with Crippen molar-refractivity contribution in [1.82, 2.24) is 15.1 Å². The van der Waals surface area contributed by atoms with Crippen molar-refractivity contribution in [2.24, 2.45) is 0 Å². The lowest BCUT2D eigenvalue weighted by Gasteiger charge is -2.36. The molecule has 7 nitrogen and oxygen atoms in total. The van der Waals surface area contributed by atoms with Gasteiger partial charge in [-0.3, -0.25) is 4.79 Å². The number of anilines is 2. The number of hydrogen-bond acceptors (Lipinski definition) is 5. The van der Waals surface area contributed by atoms with Crippen molar-refractivity contribution in [3.8, 4) is 22.7 Å². The molecule has 3 heterocycles. The zero-order valence-corrected chi connectivity index (χ0v) is 20.5. The largest absolute Gasteiger partial charge is 0.482 e. The van der Waals surface area contributed by atoms with Crippen LogP contribution < -0.4 is 20.3 Å². The van der Waals surface area contributed by atoms with Gasteiger partial charge in [-0.1, -0.05) is 36.4 Å². The number of benzene rings is 3. The lowest BCUT2D eigenvalue weighted by molar-refractivity contribution is 0.102. The summed E-state index contributed by atoms with van der Waals surface area (Å²) >= 11 is 0. The molecule has 2 N–H and O–H groups in total. The fraction of sp³-hybridized carbons (Fsp3) is 0.241. The minimum atomic E-state index is -0.551. The summed E-state index contributed by atoms with van der Waals surface area (Å²) in [7, 11) is 0. The van der Waals surface area contributed by atoms with Crippen molar-refractivity contribution in [3.63, 3.8) is 0 Å². The van der Waals surface area contributed by atoms with Gasteiger partial charge in [0.05, 0.1) is 29.0 Å². The van der Waals surface area contributed by atoms with Crippen molar-refractivity contribution in [3.05, 3.63) is 90.1 Å². The van der Waals surface area contributed by atoms with E-state index in [0.717, 1.165) is 65.8 Å². The molecule has 1 amide bonds. The molecule has 36 heavy (non-hydrogen) atoms. The van der Waals surface area contributed by atoms with Crippen molar-refractivity contribution in [2.45, 2.75) is 19.4 Å². The monoisotopic (exact) mass is 479 g/mol. The second-order valence-corrected chi connectivity index (χ2v) is 9.69. The average Bonchev–Trinajstić information content (AvgIpc) is 3.37. The van der Waals surface area contributed by atoms with E-state index in [1.807, 2.05) is 77.6 Å². The summed E-state index contributed by atoms with van der Waals surface area (Å²) in [5, 5.41) is 11.3. The van der Waals surface area contributed by atoms with Gasteiger partial charge in [0.1, 0.15) is 11.4 Å². The first-order valence-electron chi connectivity index (χ1n) is 12.3. The molecule has 2 aliphatic heterocycles. The van der Waals surface area contributed by atoms with Gasteiger partial charge in [-0.25, -0.2) is 4.68 Å². The predicted octanol–water partition coefficient (Wildman–Crippen LogP) is 4.83. The number of nitrogens with zero attached hydrogens (tertiary/aromatic N) is 3. The number of rotatable bonds is 4. The van der Waals surface area contributed by atoms with Gasteiger partial charge >= 0.3 is 0 Å². The maximum atomic E-state index is 13.2. The van der Waals surface area contributed by atoms with E-state index in [9.17, 15) is 4.79 Å². The summed E-state index contributed by atoms with van der Waals surface area (Å²) in [5.41, 5.74) is 5.67. The van der Waals surface area contributed by atoms with E-state index in [1.165, 1.54) is 0 Å². The molecular weight excluding hydrogens is 450 g/mol. The van der Waals surface area contributed by atoms with Crippen molar-refractivity contribution in [2.75, 3.05) is 36.4 Å². The molecule has 0 radical (unpaired) electrons. The highest BCUT2D eigenvalue weighted by atomic mass is 16.5. The average molecular weight is 480 g/mol. The van der Waals surface area contributed by atoms with Gasteiger partial charge in [0, 0.05) is 48.9 Å². The second-order valence-electron chi connectivity index (χ2n) is 9.69. The minimum absolute atomic E-state index is 0.138. The summed E-state index contributed by atoms with van der Waals surface area (Å²) in [6, 6.07) is 23.5. The van der Waals surface area contributed by atoms with Crippen LogP contribution in [0, 0.1) is 0 Å². The fourth-order valence-electron chi connectivity index (χ4n) is 5.03. The number of piperazine rings is 1. The quantitative estimate of drug-likeness (QED) is 0.439. The molecule has 1 fully saturated rings. The molecule has 0 saturated carbocycles. The summed E-state index contributed by atoms with van der Waals surface area (Å²) in [6.07, 6.45) is 1.89. The van der Waals surface area contributed by atoms with Crippen LogP contribution >= 0.6 is 0 Å². The SMILES string of the molecule is CC1(C)Oc2cc(N3CCNCC3)c(NC(=O)c3ccccc3)cc2-c2c1cnn2-c1ccccc1. The number of para-hydroxylation sites is 1. The van der Waals surface area contributed by atoms with E-state index in [1.54, 1.807) is 0 Å². The van der Waals surface area contributed by atoms with Crippen LogP contribution in [0.5, 0.6) is 5.75 Å². The number of aromatic nitrogens is 2. The molecule has 0 spiro atoms. The standard InChI is InChI=1S/C29H29N5O2/c1-29(2)23-19-31-34(21-11-7-4-8-12-21)27(23)22-17-24(32-28(35)20-9-5-3-6-10-20)25(18-26(22)36-29)33-15-13-30-14-16-33/h3-12,17-19,30H,13-16H2,1-2H3,(H,32,35). The number of carbonyl (C=O) groups is 1. The van der Waals surface area contributed by atoms with Crippen molar-refractivity contribution >= 4 is 17.3 Å². The Kier molecular flexibility index (Phi) is 5.49. The minimum Gasteiger partial charge on any atom is -0.482 e. The third-order valence-electron chi connectivity index (χ3n) is 6.88. The van der Waals surface area contributed by atoms with Crippen LogP contribution in [-0.4, -0.2) is 41.9 Å². The van der Waals surface area contributed by atoms with Crippen LogP contribution in [0.4, 0.5) is 11.4 Å². The Bertz CT molecular complexity index is 1410. The first-order valence-corrected chi connectivity index (χ1v) is 12.3. The highest BCUT2D eigenvalue weighted by Gasteiger charge is 2.37. The fourth-order valence-corrected chi connectivity index (χ4v) is 5.03. The smallest absolute Gasteiger partial charge is 0.255 e. The first kappa shape index (κ1) is 22.4. The maximum Gasteiger partial charge on any atom is 0.255 e. The molecule has 6 rings (SSSR count). The van der Waals surface area contributed by atoms with Gasteiger partial charge in [0.2, 0.25) is 0 Å². The predicted molar refractivity (Wildman–Crippen MR) is 142 cm³/mol. The molecule has 3 aromatic carbocycles. The third-order valence-corrected chi connectivity index (χ3v) is 6.88. The maximum absolute atomic E-state index is 13.2. The zero-order chi connectivity index (χ0) is 24.7. The first-order chi connectivity index (χ1) is 17.5. The molecule has 0 atom stereocenters. The van der Waals surface area contributed by atoms with Gasteiger partial charge in [0.25, 0.3) is 5.91 Å². The van der Waals surface area contributed by atoms with E-state index < -0.39 is 5.60 Å². The molecule has 0 unspecified atom stereocenters. The van der Waals surface area contributed by atoms with Crippen LogP contribution in [0.25, 0.3) is 16.9 Å². The number of fused-ring (bicyclic) bond motifs is 3. The Hall–Kier alpha value is -4.10. The van der Waals surface area contributed by atoms with Crippen LogP contribution in [-0.2, 0) is 5.60 Å². The normalized spacial score (nSPS) is 16.0. The Balaban J connectivity index is 1.52. The van der Waals surface area contributed by atoms with Crippen LogP contribution in [0.1, 0.15) is 29.8 Å². The highest BCUT2D eigenvalue weighted by molar-refractivity contribution is 6.06. The summed E-state index contributed by atoms with van der Waals surface area (Å²) in [4.78, 5) is 15.5. The topological polar surface area (TPSA) is 71.4 Å². The molecule has 7 heteroatoms. The number of hydrogen-bond donors (Lipinski definition) is 2. The Morgan fingerprint density at radius 1 is 1.00 bits per heavy atom. The molecule has 4 aromatic rings. The molecule has 0 bridgehead atoms. The van der Waals surface area contributed by atoms with E-state index in [0.29, 0.717) is 5.56 Å². The van der Waals surface area contributed by atoms with Gasteiger partial charge < -0.3 is 20.3 Å². The molecule has 2 aliphatic rings. The zero-order valence-electron chi connectivity index (χ0n) is 20.5.